The SMILES string of the molecule is CC(C)Oc1ccc(N2CCC(Oc3cccnc3N3CCN(C)CC3)C2=O)cc1.CN1CCN(c2ncccc2OC2CCN(c3ccc(-c4ccncc4)cc3)C2=O)CC1. The van der Waals surface area contributed by atoms with E-state index in [9.17, 15) is 9.59 Å². The lowest BCUT2D eigenvalue weighted by Crippen LogP contribution is -2.45. The van der Waals surface area contributed by atoms with Crippen LogP contribution in [0.2, 0.25) is 0 Å². The summed E-state index contributed by atoms with van der Waals surface area (Å²) in [5.41, 5.74) is 3.97. The number of nitrogens with zero attached hydrogens (tertiary/aromatic N) is 9. The number of ether oxygens (including phenoxy) is 3. The number of aromatic nitrogens is 3. The minimum atomic E-state index is -0.495. The van der Waals surface area contributed by atoms with Crippen molar-refractivity contribution in [3.05, 3.63) is 110 Å². The zero-order valence-corrected chi connectivity index (χ0v) is 36.2. The molecule has 0 radical (unpaired) electrons. The zero-order valence-electron chi connectivity index (χ0n) is 36.2. The molecule has 14 heteroatoms. The van der Waals surface area contributed by atoms with Gasteiger partial charge in [-0.25, -0.2) is 9.97 Å². The summed E-state index contributed by atoms with van der Waals surface area (Å²) in [4.78, 5) is 52.0. The maximum absolute atomic E-state index is 13.1. The first-order chi connectivity index (χ1) is 30.2. The predicted octanol–water partition coefficient (Wildman–Crippen LogP) is 5.88. The second-order valence-corrected chi connectivity index (χ2v) is 16.4. The lowest BCUT2D eigenvalue weighted by molar-refractivity contribution is -0.123. The van der Waals surface area contributed by atoms with Crippen LogP contribution in [0.1, 0.15) is 26.7 Å². The van der Waals surface area contributed by atoms with Crippen LogP contribution in [0, 0.1) is 0 Å². The van der Waals surface area contributed by atoms with E-state index in [1.54, 1.807) is 29.7 Å². The fraction of sp³-hybridized carbons (Fsp3) is 0.396. The smallest absolute Gasteiger partial charge is 0.268 e. The summed E-state index contributed by atoms with van der Waals surface area (Å²) in [5.74, 6) is 3.81. The highest BCUT2D eigenvalue weighted by Gasteiger charge is 2.37. The number of likely N-dealkylation sites (N-methyl/N-ethyl adjacent to an activating group) is 2. The Hall–Kier alpha value is -6.25. The third-order valence-electron chi connectivity index (χ3n) is 11.7. The van der Waals surface area contributed by atoms with E-state index in [1.165, 1.54) is 0 Å². The number of anilines is 4. The van der Waals surface area contributed by atoms with Crippen molar-refractivity contribution in [3.63, 3.8) is 0 Å². The molecule has 4 aliphatic rings. The molecule has 0 saturated carbocycles. The quantitative estimate of drug-likeness (QED) is 0.158. The summed E-state index contributed by atoms with van der Waals surface area (Å²) in [5, 5.41) is 0. The van der Waals surface area contributed by atoms with Crippen molar-refractivity contribution in [2.75, 3.05) is 99.1 Å². The molecule has 0 N–H and O–H groups in total. The van der Waals surface area contributed by atoms with Crippen molar-refractivity contribution in [2.45, 2.75) is 45.0 Å². The van der Waals surface area contributed by atoms with Gasteiger partial charge in [-0.2, -0.15) is 0 Å². The van der Waals surface area contributed by atoms with Crippen molar-refractivity contribution < 1.29 is 23.8 Å². The Kier molecular flexibility index (Phi) is 13.4. The molecule has 0 spiro atoms. The maximum Gasteiger partial charge on any atom is 0.268 e. The molecule has 2 amide bonds. The lowest BCUT2D eigenvalue weighted by atomic mass is 10.1. The normalized spacial score (nSPS) is 19.8. The number of hydrogen-bond donors (Lipinski definition) is 0. The van der Waals surface area contributed by atoms with E-state index in [4.69, 9.17) is 14.2 Å². The molecule has 4 fully saturated rings. The first-order valence-corrected chi connectivity index (χ1v) is 21.7. The fourth-order valence-corrected chi connectivity index (χ4v) is 8.16. The van der Waals surface area contributed by atoms with Crippen molar-refractivity contribution in [1.82, 2.24) is 24.8 Å². The summed E-state index contributed by atoms with van der Waals surface area (Å²) in [7, 11) is 4.25. The summed E-state index contributed by atoms with van der Waals surface area (Å²) < 4.78 is 18.1. The Balaban J connectivity index is 0.000000171. The minimum Gasteiger partial charge on any atom is -0.491 e. The first kappa shape index (κ1) is 42.4. The third-order valence-corrected chi connectivity index (χ3v) is 11.7. The van der Waals surface area contributed by atoms with Gasteiger partial charge in [0.15, 0.2) is 35.3 Å². The van der Waals surface area contributed by atoms with E-state index in [-0.39, 0.29) is 17.9 Å². The van der Waals surface area contributed by atoms with Crippen LogP contribution in [0.4, 0.5) is 23.0 Å². The monoisotopic (exact) mass is 839 g/mol. The molecule has 14 nitrogen and oxygen atoms in total. The molecule has 0 bridgehead atoms. The molecule has 324 valence electrons. The molecule has 62 heavy (non-hydrogen) atoms. The Morgan fingerprint density at radius 3 is 1.42 bits per heavy atom. The summed E-state index contributed by atoms with van der Waals surface area (Å²) in [6, 6.07) is 27.3. The summed E-state index contributed by atoms with van der Waals surface area (Å²) in [6.45, 7) is 12.8. The summed E-state index contributed by atoms with van der Waals surface area (Å²) >= 11 is 0. The van der Waals surface area contributed by atoms with Crippen LogP contribution in [-0.4, -0.2) is 134 Å². The van der Waals surface area contributed by atoms with Crippen LogP contribution in [-0.2, 0) is 9.59 Å². The molecule has 2 atom stereocenters. The molecule has 5 aromatic rings. The van der Waals surface area contributed by atoms with Gasteiger partial charge >= 0.3 is 0 Å². The average Bonchev–Trinajstić information content (AvgIpc) is 3.85. The van der Waals surface area contributed by atoms with Gasteiger partial charge in [0.1, 0.15) is 5.75 Å². The van der Waals surface area contributed by atoms with E-state index >= 15 is 0 Å². The average molecular weight is 840 g/mol. The molecule has 2 aromatic carbocycles. The number of carbonyl (C=O) groups is 2. The van der Waals surface area contributed by atoms with Crippen molar-refractivity contribution in [3.8, 4) is 28.4 Å². The van der Waals surface area contributed by atoms with Gasteiger partial charge in [-0.1, -0.05) is 12.1 Å². The van der Waals surface area contributed by atoms with Gasteiger partial charge < -0.3 is 43.6 Å². The Labute approximate surface area is 364 Å². The minimum absolute atomic E-state index is 0.00478. The van der Waals surface area contributed by atoms with Crippen LogP contribution < -0.4 is 33.8 Å². The lowest BCUT2D eigenvalue weighted by Gasteiger charge is -2.34. The van der Waals surface area contributed by atoms with Gasteiger partial charge in [0, 0.05) is 114 Å². The fourth-order valence-electron chi connectivity index (χ4n) is 8.16. The third kappa shape index (κ3) is 10.1. The largest absolute Gasteiger partial charge is 0.491 e. The molecule has 2 unspecified atom stereocenters. The number of benzene rings is 2. The molecule has 4 saturated heterocycles. The molecular weight excluding hydrogens is 783 g/mol. The van der Waals surface area contributed by atoms with E-state index in [2.05, 4.69) is 48.6 Å². The number of carbonyl (C=O) groups excluding carboxylic acids is 2. The van der Waals surface area contributed by atoms with Gasteiger partial charge in [-0.05, 0) is 112 Å². The summed E-state index contributed by atoms with van der Waals surface area (Å²) in [6.07, 6.45) is 7.57. The molecule has 7 heterocycles. The van der Waals surface area contributed by atoms with E-state index in [0.717, 1.165) is 92.2 Å². The van der Waals surface area contributed by atoms with Crippen LogP contribution in [0.25, 0.3) is 11.1 Å². The van der Waals surface area contributed by atoms with Gasteiger partial charge in [0.25, 0.3) is 11.8 Å². The highest BCUT2D eigenvalue weighted by molar-refractivity contribution is 6.00. The number of amides is 2. The molecule has 0 aliphatic carbocycles. The van der Waals surface area contributed by atoms with Gasteiger partial charge in [0.05, 0.1) is 6.10 Å². The van der Waals surface area contributed by atoms with Crippen LogP contribution in [0.5, 0.6) is 17.2 Å². The van der Waals surface area contributed by atoms with Gasteiger partial charge in [0.2, 0.25) is 0 Å². The second kappa shape index (κ2) is 19.6. The number of piperazine rings is 2. The highest BCUT2D eigenvalue weighted by Crippen LogP contribution is 2.33. The molecule has 4 aliphatic heterocycles. The molecular formula is C48H57N9O5. The van der Waals surface area contributed by atoms with Crippen molar-refractivity contribution in [2.24, 2.45) is 0 Å². The molecule has 3 aromatic heterocycles. The van der Waals surface area contributed by atoms with E-state index in [1.807, 2.05) is 104 Å². The van der Waals surface area contributed by atoms with Crippen LogP contribution in [0.3, 0.4) is 0 Å². The Morgan fingerprint density at radius 2 is 0.968 bits per heavy atom. The number of pyridine rings is 3. The number of hydrogen-bond acceptors (Lipinski definition) is 12. The standard InChI is InChI=1S/C25H27N5O2.C23H30N4O3/c1-28-15-17-29(18-16-28)24-22(3-2-11-27-24)32-23-10-14-30(25(23)31)21-6-4-19(5-7-21)20-8-12-26-13-9-20;1-17(2)29-19-8-6-18(7-9-19)27-12-10-21(23(27)28)30-20-5-4-11-24-22(20)26-15-13-25(3)14-16-26/h2-9,11-13,23H,10,14-18H2,1H3;4-9,11,17,21H,10,12-16H2,1-3H3. The number of rotatable bonds is 11. The Bertz CT molecular complexity index is 2250. The van der Waals surface area contributed by atoms with Gasteiger partial charge in [-0.3, -0.25) is 14.6 Å². The van der Waals surface area contributed by atoms with Crippen molar-refractivity contribution in [1.29, 1.82) is 0 Å². The molecule has 9 rings (SSSR count). The van der Waals surface area contributed by atoms with E-state index in [0.29, 0.717) is 37.4 Å². The predicted molar refractivity (Wildman–Crippen MR) is 243 cm³/mol. The van der Waals surface area contributed by atoms with Crippen LogP contribution in [0.15, 0.2) is 110 Å². The maximum atomic E-state index is 13.1. The van der Waals surface area contributed by atoms with Crippen LogP contribution >= 0.6 is 0 Å². The second-order valence-electron chi connectivity index (χ2n) is 16.4. The zero-order chi connectivity index (χ0) is 43.0. The topological polar surface area (TPSA) is 120 Å². The Morgan fingerprint density at radius 1 is 0.532 bits per heavy atom. The highest BCUT2D eigenvalue weighted by atomic mass is 16.5. The van der Waals surface area contributed by atoms with E-state index < -0.39 is 12.2 Å². The van der Waals surface area contributed by atoms with Gasteiger partial charge in [-0.15, -0.1) is 0 Å². The first-order valence-electron chi connectivity index (χ1n) is 21.7. The van der Waals surface area contributed by atoms with Crippen molar-refractivity contribution >= 4 is 34.8 Å².